The van der Waals surface area contributed by atoms with E-state index < -0.39 is 48.8 Å². The fourth-order valence-electron chi connectivity index (χ4n) is 3.47. The summed E-state index contributed by atoms with van der Waals surface area (Å²) in [7, 11) is 0. The molecular weight excluding hydrogens is 333 g/mol. The quantitative estimate of drug-likeness (QED) is 0.838. The molecule has 132 valence electrons. The Hall–Kier alpha value is -1.23. The lowest BCUT2D eigenvalue weighted by molar-refractivity contribution is -0.526. The Morgan fingerprint density at radius 1 is 1.08 bits per heavy atom. The van der Waals surface area contributed by atoms with Gasteiger partial charge in [0.15, 0.2) is 0 Å². The van der Waals surface area contributed by atoms with E-state index in [0.717, 1.165) is 5.56 Å². The molecule has 1 aliphatic carbocycles. The van der Waals surface area contributed by atoms with E-state index in [4.69, 9.17) is 18.9 Å². The second-order valence-corrected chi connectivity index (χ2v) is 6.08. The molecule has 24 heavy (non-hydrogen) atoms. The Bertz CT molecular complexity index is 611. The number of alkyl halides is 3. The highest BCUT2D eigenvalue weighted by Crippen LogP contribution is 2.52. The first-order valence-corrected chi connectivity index (χ1v) is 7.41. The maximum Gasteiger partial charge on any atom is 0.422 e. The van der Waals surface area contributed by atoms with Crippen LogP contribution in [0.3, 0.4) is 0 Å². The molecule has 4 fully saturated rings. The summed E-state index contributed by atoms with van der Waals surface area (Å²) in [5.41, 5.74) is -2.64. The van der Waals surface area contributed by atoms with Crippen molar-refractivity contribution in [1.29, 1.82) is 0 Å². The van der Waals surface area contributed by atoms with E-state index >= 15 is 0 Å². The number of hydrogen-bond donors (Lipinski definition) is 2. The van der Waals surface area contributed by atoms with Gasteiger partial charge in [-0.05, 0) is 5.56 Å². The van der Waals surface area contributed by atoms with Gasteiger partial charge in [-0.25, -0.2) is 0 Å². The zero-order valence-electron chi connectivity index (χ0n) is 12.2. The minimum atomic E-state index is -5.06. The molecule has 0 amide bonds. The van der Waals surface area contributed by atoms with Gasteiger partial charge in [0.05, 0.1) is 6.61 Å². The average Bonchev–Trinajstić information content (AvgIpc) is 2.55. The molecule has 5 rings (SSSR count). The lowest BCUT2D eigenvalue weighted by Crippen LogP contribution is -2.84. The molecule has 0 aromatic heterocycles. The van der Waals surface area contributed by atoms with E-state index in [0.29, 0.717) is 0 Å². The topological polar surface area (TPSA) is 77.4 Å². The summed E-state index contributed by atoms with van der Waals surface area (Å²) in [5, 5.41) is 20.4. The molecule has 1 aromatic rings. The van der Waals surface area contributed by atoms with Gasteiger partial charge in [0, 0.05) is 0 Å². The van der Waals surface area contributed by atoms with Crippen molar-refractivity contribution in [1.82, 2.24) is 0 Å². The van der Waals surface area contributed by atoms with E-state index in [1.54, 1.807) is 30.3 Å². The molecule has 9 heteroatoms. The van der Waals surface area contributed by atoms with Crippen LogP contribution in [0.25, 0.3) is 0 Å². The van der Waals surface area contributed by atoms with Crippen LogP contribution >= 0.6 is 0 Å². The maximum absolute atomic E-state index is 13.5. The minimum Gasteiger partial charge on any atom is -0.387 e. The molecule has 1 saturated carbocycles. The number of halogens is 3. The largest absolute Gasteiger partial charge is 0.422 e. The predicted molar refractivity (Wildman–Crippen MR) is 70.4 cm³/mol. The zero-order valence-corrected chi connectivity index (χ0v) is 12.2. The van der Waals surface area contributed by atoms with Crippen LogP contribution in [0, 0.1) is 0 Å². The normalized spacial score (nSPS) is 44.0. The van der Waals surface area contributed by atoms with Crippen molar-refractivity contribution in [3.8, 4) is 0 Å². The second kappa shape index (κ2) is 5.38. The predicted octanol–water partition coefficient (Wildman–Crippen LogP) is 0.706. The molecule has 6 nitrogen and oxygen atoms in total. The summed E-state index contributed by atoms with van der Waals surface area (Å²) in [6.45, 7) is -1.37. The Balaban J connectivity index is 1.62. The Labute approximate surface area is 134 Å². The van der Waals surface area contributed by atoms with Crippen LogP contribution in [0.1, 0.15) is 5.56 Å². The molecule has 4 aliphatic rings. The standard InChI is InChI=1S/C15H15F3O6/c16-15(17,18)14(20)11-8(19)9-10(12(14)24-13(22-9)23-11)21-6-7-4-2-1-3-5-7/h1-5,8-13,19-20H,6H2/t8-,9-,10+,11+,12-,13?,14-/m0/s1. The van der Waals surface area contributed by atoms with Gasteiger partial charge in [-0.1, -0.05) is 30.3 Å². The smallest absolute Gasteiger partial charge is 0.387 e. The number of ether oxygens (including phenoxy) is 4. The van der Waals surface area contributed by atoms with Crippen LogP contribution in [-0.4, -0.2) is 59.0 Å². The summed E-state index contributed by atoms with van der Waals surface area (Å²) in [6, 6.07) is 8.80. The van der Waals surface area contributed by atoms with Crippen LogP contribution in [-0.2, 0) is 25.6 Å². The van der Waals surface area contributed by atoms with Gasteiger partial charge < -0.3 is 29.2 Å². The van der Waals surface area contributed by atoms with E-state index in [9.17, 15) is 23.4 Å². The number of hydrogen-bond acceptors (Lipinski definition) is 6. The molecule has 1 aromatic carbocycles. The van der Waals surface area contributed by atoms with Gasteiger partial charge in [0.2, 0.25) is 5.60 Å². The number of aliphatic hydroxyl groups excluding tert-OH is 1. The summed E-state index contributed by atoms with van der Waals surface area (Å²) >= 11 is 0. The van der Waals surface area contributed by atoms with Gasteiger partial charge in [0.25, 0.3) is 6.48 Å². The van der Waals surface area contributed by atoms with Gasteiger partial charge in [0.1, 0.15) is 30.5 Å². The molecule has 3 saturated heterocycles. The summed E-state index contributed by atoms with van der Waals surface area (Å²) in [6.07, 6.45) is -12.7. The Morgan fingerprint density at radius 3 is 2.42 bits per heavy atom. The zero-order chi connectivity index (χ0) is 17.1. The molecule has 2 N–H and O–H groups in total. The van der Waals surface area contributed by atoms with Gasteiger partial charge >= 0.3 is 6.18 Å². The van der Waals surface area contributed by atoms with Crippen molar-refractivity contribution >= 4 is 0 Å². The highest BCUT2D eigenvalue weighted by molar-refractivity contribution is 5.18. The second-order valence-electron chi connectivity index (χ2n) is 6.08. The number of benzene rings is 1. The fourth-order valence-corrected chi connectivity index (χ4v) is 3.47. The van der Waals surface area contributed by atoms with E-state index in [2.05, 4.69) is 0 Å². The summed E-state index contributed by atoms with van der Waals surface area (Å²) < 4.78 is 61.2. The first-order chi connectivity index (χ1) is 11.3. The van der Waals surface area contributed by atoms with Crippen molar-refractivity contribution in [3.05, 3.63) is 35.9 Å². The molecule has 3 heterocycles. The van der Waals surface area contributed by atoms with Crippen molar-refractivity contribution in [2.45, 2.75) is 55.4 Å². The van der Waals surface area contributed by atoms with Gasteiger partial charge in [-0.2, -0.15) is 13.2 Å². The SMILES string of the molecule is O[C@H]1[C@@H]2OC3O[C@H]1[C@@](O)(C(F)(F)F)[C@@H](O3)[C@@H]2OCc1ccccc1. The lowest BCUT2D eigenvalue weighted by atomic mass is 9.72. The van der Waals surface area contributed by atoms with Crippen LogP contribution < -0.4 is 0 Å². The van der Waals surface area contributed by atoms with Crippen molar-refractivity contribution in [2.75, 3.05) is 0 Å². The maximum atomic E-state index is 13.5. The monoisotopic (exact) mass is 348 g/mol. The van der Waals surface area contributed by atoms with E-state index in [1.807, 2.05) is 0 Å². The highest BCUT2D eigenvalue weighted by atomic mass is 19.4. The fraction of sp³-hybridized carbons (Fsp3) is 0.600. The summed E-state index contributed by atoms with van der Waals surface area (Å²) in [4.78, 5) is 0. The summed E-state index contributed by atoms with van der Waals surface area (Å²) in [5.74, 6) is 0. The molecule has 1 unspecified atom stereocenters. The number of aliphatic hydroxyl groups is 2. The van der Waals surface area contributed by atoms with Crippen molar-refractivity contribution in [2.24, 2.45) is 0 Å². The van der Waals surface area contributed by atoms with Gasteiger partial charge in [-0.3, -0.25) is 0 Å². The van der Waals surface area contributed by atoms with Crippen molar-refractivity contribution < 1.29 is 42.3 Å². The molecule has 0 spiro atoms. The lowest BCUT2D eigenvalue weighted by Gasteiger charge is -2.61. The molecule has 7 atom stereocenters. The van der Waals surface area contributed by atoms with Crippen LogP contribution in [0.4, 0.5) is 13.2 Å². The highest BCUT2D eigenvalue weighted by Gasteiger charge is 2.77. The van der Waals surface area contributed by atoms with Crippen molar-refractivity contribution in [3.63, 3.8) is 0 Å². The third-order valence-electron chi connectivity index (χ3n) is 4.66. The molecule has 4 bridgehead atoms. The van der Waals surface area contributed by atoms with Crippen LogP contribution in [0.15, 0.2) is 30.3 Å². The molecular formula is C15H15F3O6. The van der Waals surface area contributed by atoms with Crippen LogP contribution in [0.2, 0.25) is 0 Å². The molecule has 3 aliphatic heterocycles. The Morgan fingerprint density at radius 2 is 1.75 bits per heavy atom. The van der Waals surface area contributed by atoms with E-state index in [-0.39, 0.29) is 6.61 Å². The first kappa shape index (κ1) is 16.2. The van der Waals surface area contributed by atoms with Crippen LogP contribution in [0.5, 0.6) is 0 Å². The first-order valence-electron chi connectivity index (χ1n) is 7.41. The average molecular weight is 348 g/mol. The van der Waals surface area contributed by atoms with Gasteiger partial charge in [-0.15, -0.1) is 0 Å². The third-order valence-corrected chi connectivity index (χ3v) is 4.66. The minimum absolute atomic E-state index is 0.0118. The molecule has 0 radical (unpaired) electrons. The number of rotatable bonds is 3. The third kappa shape index (κ3) is 2.20. The Kier molecular flexibility index (Phi) is 3.64. The van der Waals surface area contributed by atoms with E-state index in [1.165, 1.54) is 0 Å².